The third-order valence-electron chi connectivity index (χ3n) is 5.81. The van der Waals surface area contributed by atoms with Gasteiger partial charge in [-0.05, 0) is 13.0 Å². The van der Waals surface area contributed by atoms with E-state index in [1.54, 1.807) is 20.8 Å². The van der Waals surface area contributed by atoms with Crippen LogP contribution in [0.3, 0.4) is 0 Å². The number of aromatic nitrogens is 2. The predicted molar refractivity (Wildman–Crippen MR) is 136 cm³/mol. The fraction of sp³-hybridized carbons (Fsp3) is 0.280. The van der Waals surface area contributed by atoms with Gasteiger partial charge in [0.15, 0.2) is 28.1 Å². The Morgan fingerprint density at radius 1 is 1.30 bits per heavy atom. The zero-order valence-electron chi connectivity index (χ0n) is 20.6. The molecule has 0 spiro atoms. The van der Waals surface area contributed by atoms with Gasteiger partial charge in [0.25, 0.3) is 0 Å². The molecule has 0 fully saturated rings. The number of aliphatic imine (C=N–C) groups is 1. The number of allylic oxidation sites excluding steroid dienone is 3. The summed E-state index contributed by atoms with van der Waals surface area (Å²) >= 11 is 6.21. The molecule has 1 aliphatic rings. The molecule has 1 amide bonds. The molecule has 0 bridgehead atoms. The first kappa shape index (κ1) is 28.1. The highest BCUT2D eigenvalue weighted by atomic mass is 35.5. The van der Waals surface area contributed by atoms with E-state index in [9.17, 15) is 23.9 Å². The van der Waals surface area contributed by atoms with Crippen molar-refractivity contribution in [1.82, 2.24) is 14.6 Å². The van der Waals surface area contributed by atoms with Gasteiger partial charge in [0.05, 0.1) is 12.8 Å². The first-order valence-corrected chi connectivity index (χ1v) is 11.4. The number of aliphatic hydroxyl groups is 1. The first-order valence-electron chi connectivity index (χ1n) is 11.1. The Kier molecular flexibility index (Phi) is 8.23. The second-order valence-corrected chi connectivity index (χ2v) is 9.40. The zero-order chi connectivity index (χ0) is 27.5. The summed E-state index contributed by atoms with van der Waals surface area (Å²) < 4.78 is 30.9. The fourth-order valence-electron chi connectivity index (χ4n) is 3.27. The molecule has 0 saturated heterocycles. The molecule has 0 radical (unpaired) electrons. The third kappa shape index (κ3) is 5.75. The second kappa shape index (κ2) is 10.9. The number of ether oxygens (including phenoxy) is 1. The standard InChI is InChI=1S/C25H26ClF2N5O4/c1-14-10-32-22(30-6-5-21(29)25(3,4)13-34)9-19(14)33(36)15(2)7-20(23(26)24(33)35)37-12-18-17(28)8-16(27)11-31-18/h5-11,34H,12-13,29H2,1-4H3/b21-5-,30-6?. The fourth-order valence-corrected chi connectivity index (χ4v) is 3.50. The summed E-state index contributed by atoms with van der Waals surface area (Å²) in [6, 6.07) is 2.02. The van der Waals surface area contributed by atoms with Crippen LogP contribution < -0.4 is 10.4 Å². The molecule has 2 aromatic heterocycles. The zero-order valence-corrected chi connectivity index (χ0v) is 21.4. The van der Waals surface area contributed by atoms with Crippen molar-refractivity contribution in [2.75, 3.05) is 6.61 Å². The number of amides is 1. The predicted octanol–water partition coefficient (Wildman–Crippen LogP) is 4.54. The maximum atomic E-state index is 13.9. The van der Waals surface area contributed by atoms with Gasteiger partial charge in [-0.3, -0.25) is 4.98 Å². The highest BCUT2D eigenvalue weighted by Crippen LogP contribution is 2.39. The van der Waals surface area contributed by atoms with Gasteiger partial charge in [0, 0.05) is 54.2 Å². The van der Waals surface area contributed by atoms with E-state index >= 15 is 0 Å². The van der Waals surface area contributed by atoms with Gasteiger partial charge in [-0.1, -0.05) is 25.4 Å². The molecule has 196 valence electrons. The number of aliphatic hydroxyl groups excluding tert-OH is 1. The number of nitrogens with zero attached hydrogens (tertiary/aromatic N) is 4. The lowest BCUT2D eigenvalue weighted by Gasteiger charge is -2.41. The van der Waals surface area contributed by atoms with Crippen LogP contribution in [0.25, 0.3) is 0 Å². The lowest BCUT2D eigenvalue weighted by Crippen LogP contribution is -2.49. The molecule has 2 aromatic rings. The first-order chi connectivity index (χ1) is 17.3. The SMILES string of the molecule is CC1=CC(OCc2ncc(F)cc2F)=C(Cl)C(=O)[N+]1([O-])c1cc(N=C/C=C(\N)C(C)(C)CO)ncc1C. The van der Waals surface area contributed by atoms with Gasteiger partial charge >= 0.3 is 5.91 Å². The monoisotopic (exact) mass is 533 g/mol. The normalized spacial score (nSPS) is 19.0. The van der Waals surface area contributed by atoms with Crippen LogP contribution in [0.2, 0.25) is 0 Å². The van der Waals surface area contributed by atoms with Crippen LogP contribution in [0.4, 0.5) is 20.3 Å². The number of hydroxylamine groups is 2. The molecular formula is C25H26ClF2N5O4. The maximum Gasteiger partial charge on any atom is 0.370 e. The van der Waals surface area contributed by atoms with Crippen molar-refractivity contribution in [3.8, 4) is 0 Å². The van der Waals surface area contributed by atoms with Gasteiger partial charge in [-0.2, -0.15) is 0 Å². The summed E-state index contributed by atoms with van der Waals surface area (Å²) in [6.45, 7) is 5.97. The molecule has 3 N–H and O–H groups in total. The number of hydrogen-bond donors (Lipinski definition) is 2. The van der Waals surface area contributed by atoms with Crippen LogP contribution in [-0.2, 0) is 16.1 Å². The summed E-state index contributed by atoms with van der Waals surface area (Å²) in [4.78, 5) is 25.2. The van der Waals surface area contributed by atoms with Crippen molar-refractivity contribution >= 4 is 35.2 Å². The summed E-state index contributed by atoms with van der Waals surface area (Å²) in [5.74, 6) is -2.80. The van der Waals surface area contributed by atoms with Crippen molar-refractivity contribution in [1.29, 1.82) is 0 Å². The minimum atomic E-state index is -1.54. The highest BCUT2D eigenvalue weighted by molar-refractivity contribution is 6.44. The van der Waals surface area contributed by atoms with Gasteiger partial charge in [0.2, 0.25) is 0 Å². The van der Waals surface area contributed by atoms with E-state index in [-0.39, 0.29) is 35.3 Å². The van der Waals surface area contributed by atoms with Crippen molar-refractivity contribution in [3.05, 3.63) is 87.0 Å². The molecule has 0 aromatic carbocycles. The smallest absolute Gasteiger partial charge is 0.370 e. The summed E-state index contributed by atoms with van der Waals surface area (Å²) in [6.07, 6.45) is 6.40. The number of quaternary nitrogens is 1. The summed E-state index contributed by atoms with van der Waals surface area (Å²) in [5, 5.41) is 22.8. The summed E-state index contributed by atoms with van der Waals surface area (Å²) in [7, 11) is 0. The molecule has 37 heavy (non-hydrogen) atoms. The highest BCUT2D eigenvalue weighted by Gasteiger charge is 2.42. The molecule has 0 aliphatic carbocycles. The number of carbonyl (C=O) groups is 1. The Bertz CT molecular complexity index is 1350. The Morgan fingerprint density at radius 3 is 2.65 bits per heavy atom. The van der Waals surface area contributed by atoms with Gasteiger partial charge in [-0.25, -0.2) is 28.2 Å². The molecule has 3 heterocycles. The van der Waals surface area contributed by atoms with Crippen molar-refractivity contribution in [2.24, 2.45) is 16.1 Å². The van der Waals surface area contributed by atoms with Crippen molar-refractivity contribution in [2.45, 2.75) is 34.3 Å². The number of nitrogens with two attached hydrogens (primary N) is 1. The van der Waals surface area contributed by atoms with E-state index in [0.29, 0.717) is 17.3 Å². The third-order valence-corrected chi connectivity index (χ3v) is 6.16. The maximum absolute atomic E-state index is 13.9. The minimum Gasteiger partial charge on any atom is -0.614 e. The van der Waals surface area contributed by atoms with Crippen LogP contribution in [0.5, 0.6) is 0 Å². The molecule has 0 saturated carbocycles. The van der Waals surface area contributed by atoms with Crippen LogP contribution in [0.1, 0.15) is 32.0 Å². The Morgan fingerprint density at radius 2 is 2.00 bits per heavy atom. The second-order valence-electron chi connectivity index (χ2n) is 9.02. The number of aryl methyl sites for hydroxylation is 1. The van der Waals surface area contributed by atoms with Crippen molar-refractivity contribution < 1.29 is 23.4 Å². The van der Waals surface area contributed by atoms with E-state index in [1.807, 2.05) is 0 Å². The van der Waals surface area contributed by atoms with Gasteiger partial charge in [-0.15, -0.1) is 0 Å². The minimum absolute atomic E-state index is 0.0232. The topological polar surface area (TPSA) is 134 Å². The average Bonchev–Trinajstić information content (AvgIpc) is 2.85. The lowest BCUT2D eigenvalue weighted by molar-refractivity contribution is -0.122. The van der Waals surface area contributed by atoms with Gasteiger partial charge in [0.1, 0.15) is 23.8 Å². The Balaban J connectivity index is 1.90. The van der Waals surface area contributed by atoms with Gasteiger partial charge < -0.3 is 20.8 Å². The number of pyridine rings is 2. The van der Waals surface area contributed by atoms with Crippen LogP contribution in [-0.4, -0.2) is 33.8 Å². The van der Waals surface area contributed by atoms with Crippen LogP contribution in [0.15, 0.2) is 63.9 Å². The molecule has 1 atom stereocenters. The van der Waals surface area contributed by atoms with E-state index in [0.717, 1.165) is 6.20 Å². The quantitative estimate of drug-likeness (QED) is 0.289. The number of carbonyl (C=O) groups excluding carboxylic acids is 1. The number of hydrogen-bond acceptors (Lipinski definition) is 8. The Hall–Kier alpha value is -3.51. The molecule has 1 unspecified atom stereocenters. The van der Waals surface area contributed by atoms with E-state index in [1.165, 1.54) is 37.6 Å². The molecule has 12 heteroatoms. The van der Waals surface area contributed by atoms with Crippen molar-refractivity contribution in [3.63, 3.8) is 0 Å². The molecule has 9 nitrogen and oxygen atoms in total. The summed E-state index contributed by atoms with van der Waals surface area (Å²) in [5.41, 5.74) is 5.99. The number of halogens is 3. The largest absolute Gasteiger partial charge is 0.614 e. The molecular weight excluding hydrogens is 508 g/mol. The Labute approximate surface area is 217 Å². The van der Waals surface area contributed by atoms with E-state index < -0.39 is 39.2 Å². The lowest BCUT2D eigenvalue weighted by atomic mass is 9.90. The van der Waals surface area contributed by atoms with Crippen LogP contribution >= 0.6 is 11.6 Å². The van der Waals surface area contributed by atoms with Crippen LogP contribution in [0, 0.1) is 29.2 Å². The van der Waals surface area contributed by atoms with E-state index in [2.05, 4.69) is 15.0 Å². The van der Waals surface area contributed by atoms with E-state index in [4.69, 9.17) is 22.1 Å². The molecule has 3 rings (SSSR count). The average molecular weight is 534 g/mol. The molecule has 1 aliphatic heterocycles. The number of rotatable bonds is 8.